The molecule has 0 spiro atoms. The summed E-state index contributed by atoms with van der Waals surface area (Å²) in [7, 11) is 0. The molecule has 1 aliphatic heterocycles. The van der Waals surface area contributed by atoms with Gasteiger partial charge in [0.05, 0.1) is 44.3 Å². The van der Waals surface area contributed by atoms with Crippen LogP contribution in [0.4, 0.5) is 11.4 Å². The molecule has 0 saturated carbocycles. The van der Waals surface area contributed by atoms with Crippen LogP contribution < -0.4 is 25.0 Å². The first-order valence-electron chi connectivity index (χ1n) is 8.96. The van der Waals surface area contributed by atoms with Crippen molar-refractivity contribution in [1.29, 1.82) is 0 Å². The van der Waals surface area contributed by atoms with Crippen LogP contribution in [0.1, 0.15) is 20.8 Å². The molecule has 1 amide bonds. The summed E-state index contributed by atoms with van der Waals surface area (Å²) in [5, 5.41) is 5.93. The number of likely N-dealkylation sites (N-methyl/N-ethyl adjacent to an activating group) is 1. The summed E-state index contributed by atoms with van der Waals surface area (Å²) in [5.41, 5.74) is 1.76. The zero-order chi connectivity index (χ0) is 18.1. The van der Waals surface area contributed by atoms with Crippen LogP contribution in [0.3, 0.4) is 0 Å². The van der Waals surface area contributed by atoms with Crippen molar-refractivity contribution in [3.05, 3.63) is 12.1 Å². The molecule has 1 saturated heterocycles. The monoisotopic (exact) mass is 351 g/mol. The largest absolute Gasteiger partial charge is 0.492 e. The first-order valence-corrected chi connectivity index (χ1v) is 8.96. The minimum atomic E-state index is -0.0554. The van der Waals surface area contributed by atoms with E-state index in [2.05, 4.69) is 15.5 Å². The van der Waals surface area contributed by atoms with Crippen molar-refractivity contribution in [2.75, 3.05) is 62.8 Å². The number of hydrogen-bond donors (Lipinski definition) is 2. The molecule has 1 heterocycles. The van der Waals surface area contributed by atoms with E-state index in [1.807, 2.05) is 32.9 Å². The van der Waals surface area contributed by atoms with Crippen molar-refractivity contribution >= 4 is 17.3 Å². The van der Waals surface area contributed by atoms with Gasteiger partial charge in [-0.05, 0) is 20.8 Å². The van der Waals surface area contributed by atoms with Gasteiger partial charge < -0.3 is 29.7 Å². The van der Waals surface area contributed by atoms with Gasteiger partial charge in [0.1, 0.15) is 11.5 Å². The molecule has 1 aromatic rings. The lowest BCUT2D eigenvalue weighted by Gasteiger charge is -2.31. The van der Waals surface area contributed by atoms with Gasteiger partial charge in [-0.3, -0.25) is 4.79 Å². The third-order valence-corrected chi connectivity index (χ3v) is 3.83. The van der Waals surface area contributed by atoms with Gasteiger partial charge in [0, 0.05) is 31.8 Å². The summed E-state index contributed by atoms with van der Waals surface area (Å²) in [6.07, 6.45) is 0. The second-order valence-electron chi connectivity index (χ2n) is 5.59. The molecule has 0 bridgehead atoms. The predicted molar refractivity (Wildman–Crippen MR) is 99.0 cm³/mol. The van der Waals surface area contributed by atoms with Crippen LogP contribution in [0.25, 0.3) is 0 Å². The number of morpholine rings is 1. The minimum Gasteiger partial charge on any atom is -0.492 e. The van der Waals surface area contributed by atoms with Crippen molar-refractivity contribution in [2.24, 2.45) is 0 Å². The van der Waals surface area contributed by atoms with Gasteiger partial charge in [-0.15, -0.1) is 0 Å². The first kappa shape index (κ1) is 19.2. The fourth-order valence-electron chi connectivity index (χ4n) is 2.72. The van der Waals surface area contributed by atoms with E-state index in [1.54, 1.807) is 0 Å². The average molecular weight is 351 g/mol. The second-order valence-corrected chi connectivity index (χ2v) is 5.59. The Morgan fingerprint density at radius 3 is 2.44 bits per heavy atom. The number of anilines is 2. The molecule has 7 heteroatoms. The van der Waals surface area contributed by atoms with Crippen LogP contribution in [0.2, 0.25) is 0 Å². The molecule has 0 aromatic heterocycles. The fourth-order valence-corrected chi connectivity index (χ4v) is 2.72. The number of carbonyl (C=O) groups is 1. The lowest BCUT2D eigenvalue weighted by Crippen LogP contribution is -2.36. The Morgan fingerprint density at radius 1 is 1.12 bits per heavy atom. The number of ether oxygens (including phenoxy) is 3. The Hall–Kier alpha value is -2.15. The zero-order valence-electron chi connectivity index (χ0n) is 15.4. The van der Waals surface area contributed by atoms with E-state index < -0.39 is 0 Å². The Labute approximate surface area is 149 Å². The van der Waals surface area contributed by atoms with E-state index in [1.165, 1.54) is 0 Å². The van der Waals surface area contributed by atoms with Gasteiger partial charge in [0.2, 0.25) is 5.91 Å². The second kappa shape index (κ2) is 9.98. The van der Waals surface area contributed by atoms with Crippen molar-refractivity contribution in [3.63, 3.8) is 0 Å². The molecule has 1 aliphatic rings. The highest BCUT2D eigenvalue weighted by Crippen LogP contribution is 2.39. The highest BCUT2D eigenvalue weighted by molar-refractivity contribution is 5.82. The van der Waals surface area contributed by atoms with Crippen molar-refractivity contribution < 1.29 is 19.0 Å². The standard InChI is InChI=1S/C18H29N3O4/c1-4-19-18(22)13-20-14-11-17(25-6-3)15(12-16(14)24-5-2)21-7-9-23-10-8-21/h11-12,20H,4-10,13H2,1-3H3,(H,19,22). The smallest absolute Gasteiger partial charge is 0.239 e. The molecular formula is C18H29N3O4. The Morgan fingerprint density at radius 2 is 1.80 bits per heavy atom. The normalized spacial score (nSPS) is 14.1. The maximum absolute atomic E-state index is 11.7. The van der Waals surface area contributed by atoms with Crippen molar-refractivity contribution in [3.8, 4) is 11.5 Å². The van der Waals surface area contributed by atoms with Gasteiger partial charge in [0.25, 0.3) is 0 Å². The number of benzene rings is 1. The summed E-state index contributed by atoms with van der Waals surface area (Å²) >= 11 is 0. The van der Waals surface area contributed by atoms with Crippen molar-refractivity contribution in [2.45, 2.75) is 20.8 Å². The molecule has 7 nitrogen and oxygen atoms in total. The first-order chi connectivity index (χ1) is 12.2. The molecule has 0 aliphatic carbocycles. The van der Waals surface area contributed by atoms with Gasteiger partial charge in [-0.25, -0.2) is 0 Å². The third kappa shape index (κ3) is 5.42. The summed E-state index contributed by atoms with van der Waals surface area (Å²) in [6, 6.07) is 3.90. The average Bonchev–Trinajstić information content (AvgIpc) is 2.63. The third-order valence-electron chi connectivity index (χ3n) is 3.83. The molecule has 1 fully saturated rings. The summed E-state index contributed by atoms with van der Waals surface area (Å²) < 4.78 is 17.1. The molecule has 2 rings (SSSR count). The van der Waals surface area contributed by atoms with E-state index in [0.29, 0.717) is 33.0 Å². The highest BCUT2D eigenvalue weighted by Gasteiger charge is 2.19. The van der Waals surface area contributed by atoms with E-state index in [0.717, 1.165) is 36.0 Å². The number of amides is 1. The zero-order valence-corrected chi connectivity index (χ0v) is 15.4. The van der Waals surface area contributed by atoms with Crippen LogP contribution in [0.15, 0.2) is 12.1 Å². The topological polar surface area (TPSA) is 72.1 Å². The Balaban J connectivity index is 2.27. The maximum Gasteiger partial charge on any atom is 0.239 e. The van der Waals surface area contributed by atoms with Crippen LogP contribution in [-0.2, 0) is 9.53 Å². The van der Waals surface area contributed by atoms with Crippen LogP contribution in [0.5, 0.6) is 11.5 Å². The molecule has 2 N–H and O–H groups in total. The summed E-state index contributed by atoms with van der Waals surface area (Å²) in [5.74, 6) is 1.45. The van der Waals surface area contributed by atoms with E-state index >= 15 is 0 Å². The molecule has 1 aromatic carbocycles. The van der Waals surface area contributed by atoms with Crippen LogP contribution in [0, 0.1) is 0 Å². The summed E-state index contributed by atoms with van der Waals surface area (Å²) in [4.78, 5) is 14.0. The quantitative estimate of drug-likeness (QED) is 0.708. The van der Waals surface area contributed by atoms with Crippen LogP contribution >= 0.6 is 0 Å². The number of nitrogens with one attached hydrogen (secondary N) is 2. The molecule has 140 valence electrons. The lowest BCUT2D eigenvalue weighted by molar-refractivity contribution is -0.119. The number of hydrogen-bond acceptors (Lipinski definition) is 6. The fraction of sp³-hybridized carbons (Fsp3) is 0.611. The Kier molecular flexibility index (Phi) is 7.66. The van der Waals surface area contributed by atoms with Crippen LogP contribution in [-0.4, -0.2) is 58.5 Å². The lowest BCUT2D eigenvalue weighted by atomic mass is 10.2. The predicted octanol–water partition coefficient (Wildman–Crippen LogP) is 1.87. The van der Waals surface area contributed by atoms with E-state index in [4.69, 9.17) is 14.2 Å². The highest BCUT2D eigenvalue weighted by atomic mass is 16.5. The van der Waals surface area contributed by atoms with E-state index in [-0.39, 0.29) is 12.5 Å². The SMILES string of the molecule is CCNC(=O)CNc1cc(OCC)c(N2CCOCC2)cc1OCC. The van der Waals surface area contributed by atoms with Gasteiger partial charge >= 0.3 is 0 Å². The Bertz CT molecular complexity index is 559. The van der Waals surface area contributed by atoms with E-state index in [9.17, 15) is 4.79 Å². The molecular weight excluding hydrogens is 322 g/mol. The van der Waals surface area contributed by atoms with Crippen molar-refractivity contribution in [1.82, 2.24) is 5.32 Å². The molecule has 0 unspecified atom stereocenters. The minimum absolute atomic E-state index is 0.0554. The van der Waals surface area contributed by atoms with Gasteiger partial charge in [-0.2, -0.15) is 0 Å². The van der Waals surface area contributed by atoms with Gasteiger partial charge in [-0.1, -0.05) is 0 Å². The molecule has 0 atom stereocenters. The maximum atomic E-state index is 11.7. The number of nitrogens with zero attached hydrogens (tertiary/aromatic N) is 1. The summed E-state index contributed by atoms with van der Waals surface area (Å²) in [6.45, 7) is 10.8. The number of rotatable bonds is 9. The molecule has 0 radical (unpaired) electrons. The molecule has 25 heavy (non-hydrogen) atoms. The van der Waals surface area contributed by atoms with Gasteiger partial charge in [0.15, 0.2) is 0 Å². The number of carbonyl (C=O) groups excluding carboxylic acids is 1.